The van der Waals surface area contributed by atoms with Crippen LogP contribution in [-0.2, 0) is 19.2 Å². The van der Waals surface area contributed by atoms with Crippen molar-refractivity contribution >= 4 is 35.6 Å². The highest BCUT2D eigenvalue weighted by Gasteiger charge is 2.32. The molecule has 39 heavy (non-hydrogen) atoms. The fourth-order valence-corrected chi connectivity index (χ4v) is 3.61. The van der Waals surface area contributed by atoms with Crippen LogP contribution < -0.4 is 44.6 Å². The van der Waals surface area contributed by atoms with E-state index in [-0.39, 0.29) is 43.1 Å². The molecule has 15 heteroatoms. The van der Waals surface area contributed by atoms with Gasteiger partial charge in [-0.1, -0.05) is 34.1 Å². The second kappa shape index (κ2) is 18.6. The number of hydrogen-bond acceptors (Lipinski definition) is 7. The molecule has 0 saturated heterocycles. The van der Waals surface area contributed by atoms with Crippen LogP contribution in [0.3, 0.4) is 0 Å². The maximum Gasteiger partial charge on any atom is 0.326 e. The molecule has 0 heterocycles. The number of nitrogens with one attached hydrogen (secondary N) is 3. The van der Waals surface area contributed by atoms with Gasteiger partial charge in [0.25, 0.3) is 0 Å². The third-order valence-electron chi connectivity index (χ3n) is 6.00. The molecule has 0 spiro atoms. The third kappa shape index (κ3) is 15.4. The summed E-state index contributed by atoms with van der Waals surface area (Å²) in [5.41, 5.74) is 27.3. The first kappa shape index (κ1) is 35.4. The number of nitrogens with two attached hydrogens (primary N) is 5. The van der Waals surface area contributed by atoms with Gasteiger partial charge in [0.15, 0.2) is 11.9 Å². The van der Waals surface area contributed by atoms with Crippen LogP contribution in [0.25, 0.3) is 0 Å². The van der Waals surface area contributed by atoms with E-state index in [4.69, 9.17) is 28.7 Å². The fourth-order valence-electron chi connectivity index (χ4n) is 3.61. The highest BCUT2D eigenvalue weighted by atomic mass is 16.4. The van der Waals surface area contributed by atoms with Crippen molar-refractivity contribution < 1.29 is 24.3 Å². The predicted octanol–water partition coefficient (Wildman–Crippen LogP) is -1.95. The number of aliphatic imine (C=N–C) groups is 2. The van der Waals surface area contributed by atoms with E-state index in [9.17, 15) is 24.3 Å². The Morgan fingerprint density at radius 2 is 1.28 bits per heavy atom. The average Bonchev–Trinajstić information content (AvgIpc) is 2.84. The zero-order valence-electron chi connectivity index (χ0n) is 23.5. The lowest BCUT2D eigenvalue weighted by atomic mass is 9.96. The number of hydrogen-bond donors (Lipinski definition) is 9. The minimum atomic E-state index is -1.18. The van der Waals surface area contributed by atoms with E-state index >= 15 is 0 Å². The molecule has 0 radical (unpaired) electrons. The summed E-state index contributed by atoms with van der Waals surface area (Å²) < 4.78 is 0. The minimum Gasteiger partial charge on any atom is -0.480 e. The number of aliphatic carboxylic acids is 1. The monoisotopic (exact) mass is 556 g/mol. The first-order valence-corrected chi connectivity index (χ1v) is 13.2. The van der Waals surface area contributed by atoms with Crippen molar-refractivity contribution in [3.63, 3.8) is 0 Å². The molecule has 0 aromatic heterocycles. The first-order chi connectivity index (χ1) is 18.2. The first-order valence-electron chi connectivity index (χ1n) is 13.2. The molecule has 0 rings (SSSR count). The molecule has 224 valence electrons. The molecule has 3 amide bonds. The lowest BCUT2D eigenvalue weighted by Gasteiger charge is -2.28. The summed E-state index contributed by atoms with van der Waals surface area (Å²) in [6.07, 6.45) is 1.98. The highest BCUT2D eigenvalue weighted by molar-refractivity contribution is 5.94. The number of rotatable bonds is 19. The van der Waals surface area contributed by atoms with E-state index in [0.717, 1.165) is 0 Å². The normalized spacial score (nSPS) is 14.7. The van der Waals surface area contributed by atoms with E-state index in [1.165, 1.54) is 0 Å². The van der Waals surface area contributed by atoms with Gasteiger partial charge in [0.05, 0.1) is 6.04 Å². The fraction of sp³-hybridized carbons (Fsp3) is 0.750. The zero-order valence-corrected chi connectivity index (χ0v) is 23.5. The number of nitrogens with zero attached hydrogens (tertiary/aromatic N) is 2. The summed E-state index contributed by atoms with van der Waals surface area (Å²) in [6.45, 7) is 7.82. The number of guanidine groups is 2. The van der Waals surface area contributed by atoms with Crippen molar-refractivity contribution in [3.05, 3.63) is 0 Å². The number of carbonyl (C=O) groups excluding carboxylic acids is 3. The Morgan fingerprint density at radius 3 is 1.74 bits per heavy atom. The van der Waals surface area contributed by atoms with E-state index < -0.39 is 47.9 Å². The molecule has 15 nitrogen and oxygen atoms in total. The van der Waals surface area contributed by atoms with Crippen LogP contribution in [0.4, 0.5) is 0 Å². The van der Waals surface area contributed by atoms with Crippen molar-refractivity contribution in [3.8, 4) is 0 Å². The van der Waals surface area contributed by atoms with Crippen LogP contribution in [0.1, 0.15) is 66.2 Å². The van der Waals surface area contributed by atoms with Gasteiger partial charge in [-0.3, -0.25) is 24.4 Å². The van der Waals surface area contributed by atoms with Crippen molar-refractivity contribution in [1.29, 1.82) is 0 Å². The van der Waals surface area contributed by atoms with E-state index in [1.54, 1.807) is 6.92 Å². The van der Waals surface area contributed by atoms with Crippen LogP contribution in [0.2, 0.25) is 0 Å². The Labute approximate surface area is 230 Å². The summed E-state index contributed by atoms with van der Waals surface area (Å²) in [5.74, 6) is -3.42. The number of carboxylic acids is 1. The standard InChI is InChI=1S/C24H48N10O5/c1-5-14(4)18(34-19(35)15(25)8-6-10-30-23(26)27)21(37)32-16(9-7-11-31-24(28)29)20(36)33-17(22(38)39)12-13(2)3/h13-18H,5-12,25H2,1-4H3,(H,32,37)(H,33,36)(H,34,35)(H,38,39)(H4,26,27,30)(H4,28,29,31). The van der Waals surface area contributed by atoms with Gasteiger partial charge in [0.1, 0.15) is 18.1 Å². The minimum absolute atomic E-state index is 0.00924. The lowest BCUT2D eigenvalue weighted by molar-refractivity contribution is -0.143. The molecule has 0 aliphatic rings. The van der Waals surface area contributed by atoms with Gasteiger partial charge in [-0.15, -0.1) is 0 Å². The largest absolute Gasteiger partial charge is 0.480 e. The van der Waals surface area contributed by atoms with Crippen molar-refractivity contribution in [2.75, 3.05) is 13.1 Å². The highest BCUT2D eigenvalue weighted by Crippen LogP contribution is 2.11. The quantitative estimate of drug-likeness (QED) is 0.0481. The Morgan fingerprint density at radius 1 is 0.769 bits per heavy atom. The SMILES string of the molecule is CCC(C)C(NC(=O)C(N)CCCN=C(N)N)C(=O)NC(CCCN=C(N)N)C(=O)NC(CC(C)C)C(=O)O. The van der Waals surface area contributed by atoms with Crippen molar-refractivity contribution in [2.24, 2.45) is 50.5 Å². The smallest absolute Gasteiger partial charge is 0.326 e. The molecular formula is C24H48N10O5. The van der Waals surface area contributed by atoms with Gasteiger partial charge in [-0.2, -0.15) is 0 Å². The molecule has 0 aliphatic carbocycles. The maximum atomic E-state index is 13.3. The molecule has 5 atom stereocenters. The van der Waals surface area contributed by atoms with Gasteiger partial charge in [-0.25, -0.2) is 4.79 Å². The summed E-state index contributed by atoms with van der Waals surface area (Å²) in [5, 5.41) is 17.4. The second-order valence-corrected chi connectivity index (χ2v) is 9.97. The summed E-state index contributed by atoms with van der Waals surface area (Å²) in [4.78, 5) is 58.5. The molecular weight excluding hydrogens is 508 g/mol. The maximum absolute atomic E-state index is 13.3. The lowest BCUT2D eigenvalue weighted by Crippen LogP contribution is -2.58. The van der Waals surface area contributed by atoms with Crippen LogP contribution in [0.5, 0.6) is 0 Å². The summed E-state index contributed by atoms with van der Waals surface area (Å²) in [7, 11) is 0. The van der Waals surface area contributed by atoms with Crippen molar-refractivity contribution in [2.45, 2.75) is 90.4 Å². The molecule has 0 aromatic rings. The number of amides is 3. The van der Waals surface area contributed by atoms with Crippen LogP contribution in [0, 0.1) is 11.8 Å². The van der Waals surface area contributed by atoms with Crippen LogP contribution in [-0.4, -0.2) is 78.0 Å². The Balaban J connectivity index is 5.61. The van der Waals surface area contributed by atoms with Crippen LogP contribution in [0.15, 0.2) is 9.98 Å². The Bertz CT molecular complexity index is 856. The van der Waals surface area contributed by atoms with Gasteiger partial charge < -0.3 is 49.7 Å². The van der Waals surface area contributed by atoms with E-state index in [0.29, 0.717) is 32.2 Å². The predicted molar refractivity (Wildman–Crippen MR) is 150 cm³/mol. The Hall–Kier alpha value is -3.62. The van der Waals surface area contributed by atoms with Gasteiger partial charge in [-0.05, 0) is 43.9 Å². The average molecular weight is 557 g/mol. The third-order valence-corrected chi connectivity index (χ3v) is 6.00. The van der Waals surface area contributed by atoms with E-state index in [2.05, 4.69) is 25.9 Å². The molecule has 0 fully saturated rings. The van der Waals surface area contributed by atoms with Crippen molar-refractivity contribution in [1.82, 2.24) is 16.0 Å². The summed E-state index contributed by atoms with van der Waals surface area (Å²) in [6, 6.07) is -4.09. The zero-order chi connectivity index (χ0) is 30.1. The number of carboxylic acid groups (broad SMARTS) is 1. The number of carbonyl (C=O) groups is 4. The molecule has 5 unspecified atom stereocenters. The van der Waals surface area contributed by atoms with Gasteiger partial charge in [0.2, 0.25) is 17.7 Å². The van der Waals surface area contributed by atoms with Crippen LogP contribution >= 0.6 is 0 Å². The van der Waals surface area contributed by atoms with Gasteiger partial charge in [0, 0.05) is 13.1 Å². The Kier molecular flexibility index (Phi) is 16.9. The molecule has 0 bridgehead atoms. The molecule has 0 aliphatic heterocycles. The molecule has 0 saturated carbocycles. The summed E-state index contributed by atoms with van der Waals surface area (Å²) >= 11 is 0. The molecule has 14 N–H and O–H groups in total. The van der Waals surface area contributed by atoms with Gasteiger partial charge >= 0.3 is 5.97 Å². The molecule has 0 aromatic carbocycles. The second-order valence-electron chi connectivity index (χ2n) is 9.97. The van der Waals surface area contributed by atoms with E-state index in [1.807, 2.05) is 20.8 Å². The topological polar surface area (TPSA) is 279 Å².